The predicted octanol–water partition coefficient (Wildman–Crippen LogP) is 0.129. The van der Waals surface area contributed by atoms with Crippen molar-refractivity contribution in [3.05, 3.63) is 11.9 Å². The normalized spacial score (nSPS) is 19.5. The first-order valence-electron chi connectivity index (χ1n) is 4.29. The molecule has 1 aliphatic carbocycles. The summed E-state index contributed by atoms with van der Waals surface area (Å²) in [6.45, 7) is 0. The number of aliphatic hydroxyl groups excluding tert-OH is 1. The fourth-order valence-corrected chi connectivity index (χ4v) is 1.34. The maximum atomic E-state index is 9.57. The zero-order chi connectivity index (χ0) is 8.55. The highest BCUT2D eigenvalue weighted by Crippen LogP contribution is 2.33. The van der Waals surface area contributed by atoms with E-state index in [4.69, 9.17) is 0 Å². The van der Waals surface area contributed by atoms with E-state index in [2.05, 4.69) is 10.2 Å². The maximum Gasteiger partial charge on any atom is 0.0852 e. The zero-order valence-electron chi connectivity index (χ0n) is 7.14. The second-order valence-electron chi connectivity index (χ2n) is 3.43. The van der Waals surface area contributed by atoms with Crippen molar-refractivity contribution in [3.63, 3.8) is 0 Å². The molecular formula is C8H13N3O. The Morgan fingerprint density at radius 3 is 3.00 bits per heavy atom. The summed E-state index contributed by atoms with van der Waals surface area (Å²) in [6.07, 6.45) is 4.49. The summed E-state index contributed by atoms with van der Waals surface area (Å²) >= 11 is 0. The minimum absolute atomic E-state index is 0.207. The lowest BCUT2D eigenvalue weighted by Gasteiger charge is -2.04. The van der Waals surface area contributed by atoms with Crippen molar-refractivity contribution in [2.45, 2.75) is 25.4 Å². The Bertz CT molecular complexity index is 267. The van der Waals surface area contributed by atoms with Gasteiger partial charge in [0, 0.05) is 13.5 Å². The van der Waals surface area contributed by atoms with Gasteiger partial charge in [0.15, 0.2) is 0 Å². The van der Waals surface area contributed by atoms with E-state index < -0.39 is 0 Å². The second kappa shape index (κ2) is 2.86. The molecule has 1 heterocycles. The first-order chi connectivity index (χ1) is 5.75. The molecule has 0 amide bonds. The van der Waals surface area contributed by atoms with Gasteiger partial charge in [-0.15, -0.1) is 0 Å². The van der Waals surface area contributed by atoms with E-state index >= 15 is 0 Å². The van der Waals surface area contributed by atoms with Gasteiger partial charge in [-0.3, -0.25) is 0 Å². The highest BCUT2D eigenvalue weighted by molar-refractivity contribution is 4.96. The number of rotatable bonds is 3. The molecule has 1 aliphatic rings. The van der Waals surface area contributed by atoms with Crippen LogP contribution in [0.2, 0.25) is 0 Å². The fraction of sp³-hybridized carbons (Fsp3) is 0.750. The van der Waals surface area contributed by atoms with Crippen LogP contribution in [0.3, 0.4) is 0 Å². The average Bonchev–Trinajstić information content (AvgIpc) is 2.78. The predicted molar refractivity (Wildman–Crippen MR) is 43.4 cm³/mol. The van der Waals surface area contributed by atoms with Crippen LogP contribution in [0, 0.1) is 5.92 Å². The molecule has 1 fully saturated rings. The van der Waals surface area contributed by atoms with Gasteiger partial charge < -0.3 is 5.11 Å². The summed E-state index contributed by atoms with van der Waals surface area (Å²) in [5.41, 5.74) is 0.886. The van der Waals surface area contributed by atoms with Gasteiger partial charge >= 0.3 is 0 Å². The Hall–Kier alpha value is -0.900. The molecule has 4 heteroatoms. The quantitative estimate of drug-likeness (QED) is 0.696. The molecule has 66 valence electrons. The molecule has 4 nitrogen and oxygen atoms in total. The van der Waals surface area contributed by atoms with Crippen LogP contribution in [0.15, 0.2) is 6.20 Å². The van der Waals surface area contributed by atoms with Crippen molar-refractivity contribution >= 4 is 0 Å². The van der Waals surface area contributed by atoms with E-state index in [1.165, 1.54) is 17.6 Å². The highest BCUT2D eigenvalue weighted by Gasteiger charge is 2.30. The van der Waals surface area contributed by atoms with Gasteiger partial charge in [0.05, 0.1) is 18.0 Å². The third-order valence-corrected chi connectivity index (χ3v) is 2.23. The number of aliphatic hydroxyl groups is 1. The van der Waals surface area contributed by atoms with Crippen LogP contribution in [-0.2, 0) is 13.5 Å². The molecule has 0 saturated heterocycles. The smallest absolute Gasteiger partial charge is 0.0852 e. The number of aryl methyl sites for hydroxylation is 1. The number of hydrogen-bond acceptors (Lipinski definition) is 3. The number of nitrogens with zero attached hydrogens (tertiary/aromatic N) is 3. The molecular weight excluding hydrogens is 154 g/mol. The Kier molecular flexibility index (Phi) is 1.84. The molecule has 1 saturated carbocycles. The molecule has 0 radical (unpaired) electrons. The minimum Gasteiger partial charge on any atom is -0.392 e. The van der Waals surface area contributed by atoms with E-state index in [1.807, 2.05) is 0 Å². The molecule has 0 aromatic carbocycles. The van der Waals surface area contributed by atoms with Gasteiger partial charge in [-0.05, 0) is 18.8 Å². The lowest BCUT2D eigenvalue weighted by atomic mass is 10.1. The highest BCUT2D eigenvalue weighted by atomic mass is 16.3. The van der Waals surface area contributed by atoms with E-state index in [0.29, 0.717) is 12.3 Å². The van der Waals surface area contributed by atoms with Crippen LogP contribution >= 0.6 is 0 Å². The molecule has 1 unspecified atom stereocenters. The molecule has 1 aromatic heterocycles. The van der Waals surface area contributed by atoms with Crippen LogP contribution in [0.5, 0.6) is 0 Å². The van der Waals surface area contributed by atoms with Gasteiger partial charge in [0.25, 0.3) is 0 Å². The molecule has 1 N–H and O–H groups in total. The largest absolute Gasteiger partial charge is 0.392 e. The molecule has 2 rings (SSSR count). The summed E-state index contributed by atoms with van der Waals surface area (Å²) in [6, 6.07) is 0. The first-order valence-corrected chi connectivity index (χ1v) is 4.29. The van der Waals surface area contributed by atoms with Gasteiger partial charge in [-0.1, -0.05) is 0 Å². The molecule has 1 atom stereocenters. The lowest BCUT2D eigenvalue weighted by molar-refractivity contribution is 0.150. The SMILES string of the molecule is Cn1ncc(CC(O)C2CC2)n1. The fourth-order valence-electron chi connectivity index (χ4n) is 1.34. The van der Waals surface area contributed by atoms with Gasteiger partial charge in [-0.25, -0.2) is 0 Å². The maximum absolute atomic E-state index is 9.57. The van der Waals surface area contributed by atoms with Crippen LogP contribution in [0.1, 0.15) is 18.5 Å². The minimum atomic E-state index is -0.207. The molecule has 1 aromatic rings. The van der Waals surface area contributed by atoms with E-state index in [1.54, 1.807) is 13.2 Å². The topological polar surface area (TPSA) is 50.9 Å². The summed E-state index contributed by atoms with van der Waals surface area (Å²) in [5, 5.41) is 17.6. The first kappa shape index (κ1) is 7.73. The Labute approximate surface area is 71.2 Å². The summed E-state index contributed by atoms with van der Waals surface area (Å²) in [7, 11) is 1.78. The van der Waals surface area contributed by atoms with Gasteiger partial charge in [0.1, 0.15) is 0 Å². The van der Waals surface area contributed by atoms with Crippen molar-refractivity contribution in [1.82, 2.24) is 15.0 Å². The average molecular weight is 167 g/mol. The zero-order valence-corrected chi connectivity index (χ0v) is 7.14. The van der Waals surface area contributed by atoms with Gasteiger partial charge in [0.2, 0.25) is 0 Å². The molecule has 0 bridgehead atoms. The molecule has 12 heavy (non-hydrogen) atoms. The van der Waals surface area contributed by atoms with Crippen molar-refractivity contribution < 1.29 is 5.11 Å². The van der Waals surface area contributed by atoms with E-state index in [9.17, 15) is 5.11 Å². The summed E-state index contributed by atoms with van der Waals surface area (Å²) < 4.78 is 0. The number of aromatic nitrogens is 3. The Balaban J connectivity index is 1.93. The lowest BCUT2D eigenvalue weighted by Crippen LogP contribution is -2.13. The standard InChI is InChI=1S/C8H13N3O/c1-11-9-5-7(10-11)4-8(12)6-2-3-6/h5-6,8,12H,2-4H2,1H3. The monoisotopic (exact) mass is 167 g/mol. The molecule has 0 aliphatic heterocycles. The van der Waals surface area contributed by atoms with Crippen molar-refractivity contribution in [2.75, 3.05) is 0 Å². The Morgan fingerprint density at radius 1 is 1.75 bits per heavy atom. The molecule has 0 spiro atoms. The summed E-state index contributed by atoms with van der Waals surface area (Å²) in [4.78, 5) is 1.52. The van der Waals surface area contributed by atoms with Crippen LogP contribution < -0.4 is 0 Å². The third kappa shape index (κ3) is 1.64. The van der Waals surface area contributed by atoms with Crippen molar-refractivity contribution in [2.24, 2.45) is 13.0 Å². The van der Waals surface area contributed by atoms with Crippen LogP contribution in [0.25, 0.3) is 0 Å². The number of hydrogen-bond donors (Lipinski definition) is 1. The summed E-state index contributed by atoms with van der Waals surface area (Å²) in [5.74, 6) is 0.520. The third-order valence-electron chi connectivity index (χ3n) is 2.23. The van der Waals surface area contributed by atoms with Crippen LogP contribution in [0.4, 0.5) is 0 Å². The second-order valence-corrected chi connectivity index (χ2v) is 3.43. The van der Waals surface area contributed by atoms with E-state index in [0.717, 1.165) is 5.69 Å². The van der Waals surface area contributed by atoms with Crippen molar-refractivity contribution in [3.8, 4) is 0 Å². The van der Waals surface area contributed by atoms with Gasteiger partial charge in [-0.2, -0.15) is 15.0 Å². The van der Waals surface area contributed by atoms with E-state index in [-0.39, 0.29) is 6.10 Å². The van der Waals surface area contributed by atoms with Crippen LogP contribution in [-0.4, -0.2) is 26.2 Å². The Morgan fingerprint density at radius 2 is 2.50 bits per heavy atom. The van der Waals surface area contributed by atoms with Crippen molar-refractivity contribution in [1.29, 1.82) is 0 Å².